The summed E-state index contributed by atoms with van der Waals surface area (Å²) in [4.78, 5) is 25.6. The maximum Gasteiger partial charge on any atom is 0.251 e. The normalized spacial score (nSPS) is 11.6. The topological polar surface area (TPSA) is 61.4 Å². The molecule has 116 valence electrons. The molecule has 5 heteroatoms. The molecule has 0 aliphatic heterocycles. The minimum atomic E-state index is -0.547. The second-order valence-electron chi connectivity index (χ2n) is 5.13. The summed E-state index contributed by atoms with van der Waals surface area (Å²) in [5, 5.41) is 5.17. The van der Waals surface area contributed by atoms with Gasteiger partial charge < -0.3 is 15.5 Å². The Bertz CT molecular complexity index is 471. The number of carbonyl (C=O) groups is 2. The number of nitrogens with one attached hydrogen (secondary N) is 2. The highest BCUT2D eigenvalue weighted by Crippen LogP contribution is 2.14. The van der Waals surface area contributed by atoms with Crippen LogP contribution >= 0.6 is 0 Å². The Hall–Kier alpha value is -2.04. The van der Waals surface area contributed by atoms with Gasteiger partial charge in [-0.3, -0.25) is 9.59 Å². The van der Waals surface area contributed by atoms with Crippen molar-refractivity contribution in [3.05, 3.63) is 29.8 Å². The summed E-state index contributed by atoms with van der Waals surface area (Å²) in [5.41, 5.74) is 1.64. The van der Waals surface area contributed by atoms with Crippen molar-refractivity contribution in [2.45, 2.75) is 32.7 Å². The quantitative estimate of drug-likeness (QED) is 0.805. The number of rotatable bonds is 7. The van der Waals surface area contributed by atoms with Crippen molar-refractivity contribution in [2.75, 3.05) is 25.5 Å². The lowest BCUT2D eigenvalue weighted by Crippen LogP contribution is -2.43. The van der Waals surface area contributed by atoms with Crippen LogP contribution in [0.2, 0.25) is 0 Å². The second kappa shape index (κ2) is 8.29. The molecule has 0 aromatic heterocycles. The number of unbranched alkanes of at least 4 members (excludes halogenated alkanes) is 1. The molecular weight excluding hydrogens is 266 g/mol. The Morgan fingerprint density at radius 2 is 1.86 bits per heavy atom. The van der Waals surface area contributed by atoms with Crippen molar-refractivity contribution in [3.63, 3.8) is 0 Å². The zero-order valence-electron chi connectivity index (χ0n) is 13.3. The molecule has 0 fully saturated rings. The van der Waals surface area contributed by atoms with Gasteiger partial charge in [-0.05, 0) is 37.6 Å². The first-order valence-corrected chi connectivity index (χ1v) is 7.33. The molecule has 0 spiro atoms. The fourth-order valence-electron chi connectivity index (χ4n) is 1.95. The number of hydrogen-bond donors (Lipinski definition) is 2. The first kappa shape index (κ1) is 17.0. The molecule has 1 aromatic rings. The van der Waals surface area contributed by atoms with E-state index in [1.165, 1.54) is 0 Å². The molecule has 2 N–H and O–H groups in total. The van der Waals surface area contributed by atoms with Gasteiger partial charge in [0.05, 0.1) is 0 Å². The summed E-state index contributed by atoms with van der Waals surface area (Å²) in [6, 6.07) is 6.87. The SMILES string of the molecule is CCCCN(C)c1ccc(C(=O)N[C@@H](C)C(=O)NC)cc1. The van der Waals surface area contributed by atoms with Gasteiger partial charge in [0.1, 0.15) is 6.04 Å². The van der Waals surface area contributed by atoms with Crippen LogP contribution in [0.3, 0.4) is 0 Å². The van der Waals surface area contributed by atoms with Gasteiger partial charge in [-0.25, -0.2) is 0 Å². The van der Waals surface area contributed by atoms with Gasteiger partial charge in [0.2, 0.25) is 5.91 Å². The molecule has 21 heavy (non-hydrogen) atoms. The van der Waals surface area contributed by atoms with Crippen molar-refractivity contribution in [3.8, 4) is 0 Å². The number of anilines is 1. The van der Waals surface area contributed by atoms with E-state index in [1.807, 2.05) is 19.2 Å². The first-order valence-electron chi connectivity index (χ1n) is 7.33. The number of hydrogen-bond acceptors (Lipinski definition) is 3. The number of nitrogens with zero attached hydrogens (tertiary/aromatic N) is 1. The molecule has 2 amide bonds. The molecule has 0 bridgehead atoms. The molecule has 0 unspecified atom stereocenters. The predicted octanol–water partition coefficient (Wildman–Crippen LogP) is 1.79. The summed E-state index contributed by atoms with van der Waals surface area (Å²) in [6.45, 7) is 4.81. The Morgan fingerprint density at radius 1 is 1.24 bits per heavy atom. The van der Waals surface area contributed by atoms with Crippen LogP contribution in [0, 0.1) is 0 Å². The summed E-state index contributed by atoms with van der Waals surface area (Å²) in [5.74, 6) is -0.451. The minimum Gasteiger partial charge on any atom is -0.375 e. The van der Waals surface area contributed by atoms with Crippen molar-refractivity contribution < 1.29 is 9.59 Å². The molecule has 0 saturated carbocycles. The van der Waals surface area contributed by atoms with Gasteiger partial charge in [0, 0.05) is 31.9 Å². The molecule has 0 aliphatic rings. The van der Waals surface area contributed by atoms with E-state index in [4.69, 9.17) is 0 Å². The van der Waals surface area contributed by atoms with E-state index < -0.39 is 6.04 Å². The van der Waals surface area contributed by atoms with Gasteiger partial charge in [-0.15, -0.1) is 0 Å². The zero-order chi connectivity index (χ0) is 15.8. The standard InChI is InChI=1S/C16H25N3O2/c1-5-6-11-19(4)14-9-7-13(8-10-14)16(21)18-12(2)15(20)17-3/h7-10,12H,5-6,11H2,1-4H3,(H,17,20)(H,18,21)/t12-/m0/s1. The third-order valence-electron chi connectivity index (χ3n) is 3.40. The van der Waals surface area contributed by atoms with Crippen molar-refractivity contribution in [2.24, 2.45) is 0 Å². The van der Waals surface area contributed by atoms with Crippen LogP contribution in [-0.4, -0.2) is 38.5 Å². The largest absolute Gasteiger partial charge is 0.375 e. The van der Waals surface area contributed by atoms with Crippen molar-refractivity contribution >= 4 is 17.5 Å². The zero-order valence-corrected chi connectivity index (χ0v) is 13.3. The molecule has 0 heterocycles. The van der Waals surface area contributed by atoms with Gasteiger partial charge >= 0.3 is 0 Å². The maximum absolute atomic E-state index is 12.0. The van der Waals surface area contributed by atoms with Crippen LogP contribution < -0.4 is 15.5 Å². The Balaban J connectivity index is 2.65. The lowest BCUT2D eigenvalue weighted by molar-refractivity contribution is -0.122. The lowest BCUT2D eigenvalue weighted by Gasteiger charge is -2.19. The van der Waals surface area contributed by atoms with E-state index in [-0.39, 0.29) is 11.8 Å². The maximum atomic E-state index is 12.0. The summed E-state index contributed by atoms with van der Waals surface area (Å²) < 4.78 is 0. The lowest BCUT2D eigenvalue weighted by atomic mass is 10.1. The van der Waals surface area contributed by atoms with E-state index >= 15 is 0 Å². The Morgan fingerprint density at radius 3 is 2.38 bits per heavy atom. The Kier molecular flexibility index (Phi) is 6.72. The summed E-state index contributed by atoms with van der Waals surface area (Å²) in [6.07, 6.45) is 2.30. The van der Waals surface area contributed by atoms with Gasteiger partial charge in [0.25, 0.3) is 5.91 Å². The van der Waals surface area contributed by atoms with E-state index in [0.29, 0.717) is 5.56 Å². The van der Waals surface area contributed by atoms with Crippen LogP contribution in [0.1, 0.15) is 37.0 Å². The fraction of sp³-hybridized carbons (Fsp3) is 0.500. The predicted molar refractivity (Wildman–Crippen MR) is 85.6 cm³/mol. The van der Waals surface area contributed by atoms with Crippen molar-refractivity contribution in [1.29, 1.82) is 0 Å². The third-order valence-corrected chi connectivity index (χ3v) is 3.40. The smallest absolute Gasteiger partial charge is 0.251 e. The van der Waals surface area contributed by atoms with Crippen LogP contribution in [0.5, 0.6) is 0 Å². The highest BCUT2D eigenvalue weighted by molar-refractivity contribution is 5.97. The highest BCUT2D eigenvalue weighted by atomic mass is 16.2. The monoisotopic (exact) mass is 291 g/mol. The number of benzene rings is 1. The number of carbonyl (C=O) groups excluding carboxylic acids is 2. The third kappa shape index (κ3) is 5.10. The van der Waals surface area contributed by atoms with Gasteiger partial charge in [-0.1, -0.05) is 13.3 Å². The molecule has 0 saturated heterocycles. The summed E-state index contributed by atoms with van der Waals surface area (Å²) in [7, 11) is 3.59. The average Bonchev–Trinajstić information content (AvgIpc) is 2.51. The van der Waals surface area contributed by atoms with E-state index in [0.717, 1.165) is 25.1 Å². The van der Waals surface area contributed by atoms with Crippen LogP contribution in [-0.2, 0) is 4.79 Å². The molecule has 5 nitrogen and oxygen atoms in total. The minimum absolute atomic E-state index is 0.209. The van der Waals surface area contributed by atoms with Crippen LogP contribution in [0.4, 0.5) is 5.69 Å². The number of amides is 2. The molecule has 0 radical (unpaired) electrons. The molecule has 0 aliphatic carbocycles. The molecule has 1 atom stereocenters. The molecule has 1 aromatic carbocycles. The second-order valence-corrected chi connectivity index (χ2v) is 5.13. The van der Waals surface area contributed by atoms with Crippen LogP contribution in [0.15, 0.2) is 24.3 Å². The van der Waals surface area contributed by atoms with E-state index in [9.17, 15) is 9.59 Å². The number of likely N-dealkylation sites (N-methyl/N-ethyl adjacent to an activating group) is 1. The van der Waals surface area contributed by atoms with E-state index in [2.05, 4.69) is 22.5 Å². The van der Waals surface area contributed by atoms with Crippen molar-refractivity contribution in [1.82, 2.24) is 10.6 Å². The average molecular weight is 291 g/mol. The summed E-state index contributed by atoms with van der Waals surface area (Å²) >= 11 is 0. The fourth-order valence-corrected chi connectivity index (χ4v) is 1.95. The van der Waals surface area contributed by atoms with E-state index in [1.54, 1.807) is 26.1 Å². The van der Waals surface area contributed by atoms with Gasteiger partial charge in [0.15, 0.2) is 0 Å². The molecular formula is C16H25N3O2. The Labute approximate surface area is 126 Å². The highest BCUT2D eigenvalue weighted by Gasteiger charge is 2.15. The molecule has 1 rings (SSSR count). The first-order chi connectivity index (χ1) is 9.99. The van der Waals surface area contributed by atoms with Crippen LogP contribution in [0.25, 0.3) is 0 Å². The van der Waals surface area contributed by atoms with Gasteiger partial charge in [-0.2, -0.15) is 0 Å².